The van der Waals surface area contributed by atoms with Crippen LogP contribution >= 0.6 is 15.9 Å². The maximum Gasteiger partial charge on any atom is 0.224 e. The lowest BCUT2D eigenvalue weighted by Gasteiger charge is -2.11. The van der Waals surface area contributed by atoms with Gasteiger partial charge in [-0.1, -0.05) is 15.9 Å². The van der Waals surface area contributed by atoms with Gasteiger partial charge in [0.1, 0.15) is 17.4 Å². The van der Waals surface area contributed by atoms with Gasteiger partial charge in [-0.15, -0.1) is 0 Å². The van der Waals surface area contributed by atoms with Gasteiger partial charge >= 0.3 is 0 Å². The van der Waals surface area contributed by atoms with E-state index in [2.05, 4.69) is 31.2 Å². The summed E-state index contributed by atoms with van der Waals surface area (Å²) in [7, 11) is 0. The number of hydrogen-bond acceptors (Lipinski definition) is 4. The molecule has 4 nitrogen and oxygen atoms in total. The molecule has 0 aliphatic rings. The van der Waals surface area contributed by atoms with Crippen molar-refractivity contribution in [3.8, 4) is 11.6 Å². The van der Waals surface area contributed by atoms with Gasteiger partial charge in [-0.25, -0.2) is 4.98 Å². The number of rotatable bonds is 4. The topological polar surface area (TPSA) is 47.0 Å². The van der Waals surface area contributed by atoms with Crippen LogP contribution in [0.15, 0.2) is 22.7 Å². The highest BCUT2D eigenvalue weighted by Gasteiger charge is 2.07. The van der Waals surface area contributed by atoms with Crippen molar-refractivity contribution in [2.24, 2.45) is 0 Å². The molecule has 1 aromatic carbocycles. The lowest BCUT2D eigenvalue weighted by molar-refractivity contribution is 0.459. The van der Waals surface area contributed by atoms with E-state index >= 15 is 0 Å². The van der Waals surface area contributed by atoms with E-state index in [0.29, 0.717) is 11.7 Å². The Morgan fingerprint density at radius 2 is 1.75 bits per heavy atom. The molecule has 20 heavy (non-hydrogen) atoms. The molecule has 0 spiro atoms. The van der Waals surface area contributed by atoms with Gasteiger partial charge in [0.15, 0.2) is 0 Å². The van der Waals surface area contributed by atoms with E-state index in [-0.39, 0.29) is 0 Å². The highest BCUT2D eigenvalue weighted by atomic mass is 79.9. The number of aromatic nitrogens is 2. The zero-order valence-electron chi connectivity index (χ0n) is 12.1. The molecule has 1 aromatic heterocycles. The summed E-state index contributed by atoms with van der Waals surface area (Å²) in [6.45, 7) is 8.77. The fraction of sp³-hybridized carbons (Fsp3) is 0.333. The van der Waals surface area contributed by atoms with E-state index in [1.165, 1.54) is 0 Å². The Balaban J connectivity index is 2.30. The van der Waals surface area contributed by atoms with Crippen LogP contribution in [-0.4, -0.2) is 16.5 Å². The molecule has 0 unspecified atom stereocenters. The largest absolute Gasteiger partial charge is 0.439 e. The van der Waals surface area contributed by atoms with Gasteiger partial charge in [0.2, 0.25) is 5.88 Å². The summed E-state index contributed by atoms with van der Waals surface area (Å²) in [5.41, 5.74) is 2.27. The molecule has 0 fully saturated rings. The molecule has 2 rings (SSSR count). The Kier molecular flexibility index (Phi) is 4.60. The normalized spacial score (nSPS) is 10.4. The van der Waals surface area contributed by atoms with Gasteiger partial charge < -0.3 is 10.1 Å². The number of nitrogens with one attached hydrogen (secondary N) is 1. The zero-order chi connectivity index (χ0) is 14.7. The summed E-state index contributed by atoms with van der Waals surface area (Å²) in [6, 6.07) is 5.78. The van der Waals surface area contributed by atoms with Gasteiger partial charge in [0.25, 0.3) is 0 Å². The molecule has 0 aliphatic heterocycles. The molecule has 0 bridgehead atoms. The van der Waals surface area contributed by atoms with Crippen molar-refractivity contribution in [2.45, 2.75) is 27.7 Å². The first-order valence-electron chi connectivity index (χ1n) is 6.53. The molecule has 5 heteroatoms. The van der Waals surface area contributed by atoms with Crippen LogP contribution in [-0.2, 0) is 0 Å². The van der Waals surface area contributed by atoms with Crippen LogP contribution in [0.3, 0.4) is 0 Å². The van der Waals surface area contributed by atoms with Crippen molar-refractivity contribution >= 4 is 21.7 Å². The molecular weight excluding hydrogens is 318 g/mol. The fourth-order valence-electron chi connectivity index (χ4n) is 1.95. The number of nitrogens with zero attached hydrogens (tertiary/aromatic N) is 2. The minimum absolute atomic E-state index is 0.551. The predicted molar refractivity (Wildman–Crippen MR) is 84.6 cm³/mol. The third-order valence-electron chi connectivity index (χ3n) is 2.80. The van der Waals surface area contributed by atoms with E-state index in [4.69, 9.17) is 4.74 Å². The third kappa shape index (κ3) is 3.48. The summed E-state index contributed by atoms with van der Waals surface area (Å²) in [4.78, 5) is 8.61. The maximum absolute atomic E-state index is 5.85. The summed E-state index contributed by atoms with van der Waals surface area (Å²) in [5, 5.41) is 3.17. The van der Waals surface area contributed by atoms with Crippen LogP contribution in [0.25, 0.3) is 0 Å². The molecule has 0 radical (unpaired) electrons. The van der Waals surface area contributed by atoms with Gasteiger partial charge in [-0.2, -0.15) is 4.98 Å². The molecule has 0 saturated heterocycles. The molecule has 0 aliphatic carbocycles. The Bertz CT molecular complexity index is 606. The first kappa shape index (κ1) is 14.8. The van der Waals surface area contributed by atoms with E-state index in [0.717, 1.165) is 33.7 Å². The number of anilines is 1. The van der Waals surface area contributed by atoms with E-state index in [1.807, 2.05) is 45.9 Å². The maximum atomic E-state index is 5.85. The summed E-state index contributed by atoms with van der Waals surface area (Å²) < 4.78 is 6.96. The lowest BCUT2D eigenvalue weighted by Crippen LogP contribution is -2.02. The number of ether oxygens (including phenoxy) is 1. The van der Waals surface area contributed by atoms with Crippen LogP contribution in [0.5, 0.6) is 11.6 Å². The highest BCUT2D eigenvalue weighted by molar-refractivity contribution is 9.10. The second-order valence-electron chi connectivity index (χ2n) is 4.64. The highest BCUT2D eigenvalue weighted by Crippen LogP contribution is 2.29. The Morgan fingerprint density at radius 3 is 2.35 bits per heavy atom. The Morgan fingerprint density at radius 1 is 1.10 bits per heavy atom. The van der Waals surface area contributed by atoms with E-state index in [1.54, 1.807) is 0 Å². The number of aryl methyl sites for hydroxylation is 3. The molecule has 2 aromatic rings. The summed E-state index contributed by atoms with van der Waals surface area (Å²) in [6.07, 6.45) is 0. The van der Waals surface area contributed by atoms with Crippen LogP contribution in [0, 0.1) is 20.8 Å². The smallest absolute Gasteiger partial charge is 0.224 e. The number of benzene rings is 1. The average Bonchev–Trinajstić information content (AvgIpc) is 2.35. The van der Waals surface area contributed by atoms with E-state index in [9.17, 15) is 0 Å². The monoisotopic (exact) mass is 335 g/mol. The van der Waals surface area contributed by atoms with Crippen molar-refractivity contribution in [3.63, 3.8) is 0 Å². The second-order valence-corrected chi connectivity index (χ2v) is 5.44. The van der Waals surface area contributed by atoms with E-state index < -0.39 is 0 Å². The van der Waals surface area contributed by atoms with Crippen LogP contribution < -0.4 is 10.1 Å². The SMILES string of the molecule is CCNc1cc(Oc2cc(C)c(Br)c(C)c2)nc(C)n1. The minimum atomic E-state index is 0.551. The van der Waals surface area contributed by atoms with Crippen molar-refractivity contribution in [1.29, 1.82) is 0 Å². The Hall–Kier alpha value is -1.62. The van der Waals surface area contributed by atoms with Gasteiger partial charge in [-0.3, -0.25) is 0 Å². The first-order chi connectivity index (χ1) is 9.49. The third-order valence-corrected chi connectivity index (χ3v) is 4.06. The van der Waals surface area contributed by atoms with Crippen molar-refractivity contribution in [2.75, 3.05) is 11.9 Å². The van der Waals surface area contributed by atoms with Gasteiger partial charge in [0.05, 0.1) is 0 Å². The molecule has 0 atom stereocenters. The fourth-order valence-corrected chi connectivity index (χ4v) is 2.18. The number of hydrogen-bond donors (Lipinski definition) is 1. The second kappa shape index (κ2) is 6.22. The van der Waals surface area contributed by atoms with Crippen molar-refractivity contribution in [3.05, 3.63) is 39.6 Å². The Labute approximate surface area is 127 Å². The molecule has 1 N–H and O–H groups in total. The summed E-state index contributed by atoms with van der Waals surface area (Å²) in [5.74, 6) is 2.79. The van der Waals surface area contributed by atoms with Gasteiger partial charge in [0, 0.05) is 17.1 Å². The van der Waals surface area contributed by atoms with Crippen LogP contribution in [0.4, 0.5) is 5.82 Å². The van der Waals surface area contributed by atoms with Crippen LogP contribution in [0.1, 0.15) is 23.9 Å². The molecule has 1 heterocycles. The molecule has 0 saturated carbocycles. The predicted octanol–water partition coefficient (Wildman–Crippen LogP) is 4.39. The van der Waals surface area contributed by atoms with Gasteiger partial charge in [-0.05, 0) is 51.0 Å². The van der Waals surface area contributed by atoms with Crippen molar-refractivity contribution < 1.29 is 4.74 Å². The zero-order valence-corrected chi connectivity index (χ0v) is 13.7. The number of halogens is 1. The standard InChI is InChI=1S/C15H18BrN3O/c1-5-17-13-8-14(19-11(4)18-13)20-12-6-9(2)15(16)10(3)7-12/h6-8H,5H2,1-4H3,(H,17,18,19). The quantitative estimate of drug-likeness (QED) is 0.900. The summed E-state index contributed by atoms with van der Waals surface area (Å²) >= 11 is 3.55. The molecule has 106 valence electrons. The minimum Gasteiger partial charge on any atom is -0.439 e. The molecule has 0 amide bonds. The van der Waals surface area contributed by atoms with Crippen molar-refractivity contribution in [1.82, 2.24) is 9.97 Å². The average molecular weight is 336 g/mol. The van der Waals surface area contributed by atoms with Crippen LogP contribution in [0.2, 0.25) is 0 Å². The first-order valence-corrected chi connectivity index (χ1v) is 7.33. The lowest BCUT2D eigenvalue weighted by atomic mass is 10.1. The molecular formula is C15H18BrN3O.